The van der Waals surface area contributed by atoms with Gasteiger partial charge in [0.2, 0.25) is 5.43 Å². The molecule has 0 amide bonds. The Bertz CT molecular complexity index is 673. The van der Waals surface area contributed by atoms with Crippen LogP contribution in [-0.2, 0) is 19.5 Å². The molecular formula is C18H22N2O2. The van der Waals surface area contributed by atoms with Gasteiger partial charge >= 0.3 is 0 Å². The summed E-state index contributed by atoms with van der Waals surface area (Å²) in [7, 11) is 0. The number of aromatic nitrogens is 1. The lowest BCUT2D eigenvalue weighted by Crippen LogP contribution is -2.23. The Kier molecular flexibility index (Phi) is 4.59. The molecule has 1 aromatic carbocycles. The van der Waals surface area contributed by atoms with Gasteiger partial charge in [-0.1, -0.05) is 30.3 Å². The summed E-state index contributed by atoms with van der Waals surface area (Å²) in [5.74, 6) is -0.168. The van der Waals surface area contributed by atoms with Crippen molar-refractivity contribution >= 4 is 0 Å². The minimum absolute atomic E-state index is 0.168. The number of hydrogen-bond donors (Lipinski definition) is 1. The third kappa shape index (κ3) is 3.57. The number of rotatable bonds is 5. The highest BCUT2D eigenvalue weighted by Gasteiger charge is 2.14. The summed E-state index contributed by atoms with van der Waals surface area (Å²) >= 11 is 0. The summed E-state index contributed by atoms with van der Waals surface area (Å²) in [4.78, 5) is 14.1. The van der Waals surface area contributed by atoms with Crippen LogP contribution in [0, 0.1) is 0 Å². The van der Waals surface area contributed by atoms with Crippen LogP contribution in [0.5, 0.6) is 5.75 Å². The summed E-state index contributed by atoms with van der Waals surface area (Å²) in [6.07, 6.45) is 4.92. The molecule has 0 atom stereocenters. The molecule has 4 heteroatoms. The third-order valence-corrected chi connectivity index (χ3v) is 4.27. The molecule has 0 unspecified atom stereocenters. The predicted octanol–water partition coefficient (Wildman–Crippen LogP) is 2.39. The number of aromatic hydroxyl groups is 1. The van der Waals surface area contributed by atoms with E-state index in [1.807, 2.05) is 22.8 Å². The fourth-order valence-electron chi connectivity index (χ4n) is 3.01. The van der Waals surface area contributed by atoms with Crippen LogP contribution in [0.1, 0.15) is 24.1 Å². The molecule has 116 valence electrons. The Morgan fingerprint density at radius 1 is 1.09 bits per heavy atom. The minimum Gasteiger partial charge on any atom is -0.503 e. The van der Waals surface area contributed by atoms with E-state index in [0.29, 0.717) is 0 Å². The molecule has 4 nitrogen and oxygen atoms in total. The van der Waals surface area contributed by atoms with E-state index in [1.54, 1.807) is 12.3 Å². The second-order valence-electron chi connectivity index (χ2n) is 5.93. The molecule has 1 aliphatic heterocycles. The number of hydrogen-bond acceptors (Lipinski definition) is 3. The van der Waals surface area contributed by atoms with Crippen LogP contribution in [0.25, 0.3) is 0 Å². The molecule has 1 aliphatic rings. The maximum absolute atomic E-state index is 11.8. The van der Waals surface area contributed by atoms with Crippen LogP contribution in [0.3, 0.4) is 0 Å². The number of nitrogens with zero attached hydrogens (tertiary/aromatic N) is 2. The van der Waals surface area contributed by atoms with Gasteiger partial charge in [-0.15, -0.1) is 0 Å². The van der Waals surface area contributed by atoms with Crippen molar-refractivity contribution < 1.29 is 5.11 Å². The average Bonchev–Trinajstić information content (AvgIpc) is 3.03. The van der Waals surface area contributed by atoms with Crippen molar-refractivity contribution in [3.8, 4) is 5.75 Å². The van der Waals surface area contributed by atoms with Crippen molar-refractivity contribution in [1.29, 1.82) is 0 Å². The minimum atomic E-state index is -0.287. The van der Waals surface area contributed by atoms with Gasteiger partial charge in [-0.05, 0) is 37.9 Å². The fraction of sp³-hybridized carbons (Fsp3) is 0.389. The standard InChI is InChI=1S/C18H22N2O2/c21-17-12-16(13-19-9-4-5-10-19)20(14-18(17)22)11-8-15-6-2-1-3-7-15/h1-3,6-7,12,14,22H,4-5,8-11,13H2. The summed E-state index contributed by atoms with van der Waals surface area (Å²) < 4.78 is 2.02. The lowest BCUT2D eigenvalue weighted by atomic mass is 10.1. The van der Waals surface area contributed by atoms with Crippen LogP contribution in [0.2, 0.25) is 0 Å². The highest BCUT2D eigenvalue weighted by Crippen LogP contribution is 2.14. The molecule has 0 radical (unpaired) electrons. The summed E-state index contributed by atoms with van der Waals surface area (Å²) in [6.45, 7) is 3.73. The maximum atomic E-state index is 11.8. The molecule has 0 aliphatic carbocycles. The number of benzene rings is 1. The molecule has 0 bridgehead atoms. The first-order valence-electron chi connectivity index (χ1n) is 7.91. The lowest BCUT2D eigenvalue weighted by Gasteiger charge is -2.19. The molecule has 1 fully saturated rings. The van der Waals surface area contributed by atoms with Gasteiger partial charge in [0.25, 0.3) is 0 Å². The molecular weight excluding hydrogens is 276 g/mol. The number of pyridine rings is 1. The average molecular weight is 298 g/mol. The van der Waals surface area contributed by atoms with E-state index in [0.717, 1.165) is 38.3 Å². The van der Waals surface area contributed by atoms with Crippen LogP contribution in [0.4, 0.5) is 0 Å². The van der Waals surface area contributed by atoms with Gasteiger partial charge in [-0.3, -0.25) is 9.69 Å². The first-order valence-corrected chi connectivity index (χ1v) is 7.91. The van der Waals surface area contributed by atoms with Gasteiger partial charge in [0, 0.05) is 24.8 Å². The molecule has 2 heterocycles. The second-order valence-corrected chi connectivity index (χ2v) is 5.93. The van der Waals surface area contributed by atoms with Crippen molar-refractivity contribution in [3.05, 3.63) is 64.1 Å². The van der Waals surface area contributed by atoms with Crippen LogP contribution in [0.15, 0.2) is 47.4 Å². The topological polar surface area (TPSA) is 45.5 Å². The summed E-state index contributed by atoms with van der Waals surface area (Å²) in [5, 5.41) is 9.74. The molecule has 1 aromatic heterocycles. The smallest absolute Gasteiger partial charge is 0.223 e. The number of aryl methyl sites for hydroxylation is 2. The van der Waals surface area contributed by atoms with Gasteiger partial charge < -0.3 is 9.67 Å². The van der Waals surface area contributed by atoms with E-state index >= 15 is 0 Å². The van der Waals surface area contributed by atoms with Crippen molar-refractivity contribution in [2.75, 3.05) is 13.1 Å². The SMILES string of the molecule is O=c1cc(CN2CCCC2)n(CCc2ccccc2)cc1O. The van der Waals surface area contributed by atoms with Crippen molar-refractivity contribution in [2.24, 2.45) is 0 Å². The molecule has 2 aromatic rings. The normalized spacial score (nSPS) is 15.3. The molecule has 0 spiro atoms. The van der Waals surface area contributed by atoms with Crippen molar-refractivity contribution in [1.82, 2.24) is 9.47 Å². The highest BCUT2D eigenvalue weighted by molar-refractivity contribution is 5.21. The third-order valence-electron chi connectivity index (χ3n) is 4.27. The maximum Gasteiger partial charge on any atom is 0.223 e. The van der Waals surface area contributed by atoms with E-state index < -0.39 is 0 Å². The Morgan fingerprint density at radius 3 is 2.55 bits per heavy atom. The van der Waals surface area contributed by atoms with Gasteiger partial charge in [0.05, 0.1) is 6.20 Å². The van der Waals surface area contributed by atoms with E-state index in [9.17, 15) is 9.90 Å². The zero-order valence-corrected chi connectivity index (χ0v) is 12.7. The predicted molar refractivity (Wildman–Crippen MR) is 87.0 cm³/mol. The van der Waals surface area contributed by atoms with Gasteiger partial charge in [0.15, 0.2) is 5.75 Å². The molecule has 0 saturated carbocycles. The second kappa shape index (κ2) is 6.79. The van der Waals surface area contributed by atoms with E-state index in [-0.39, 0.29) is 11.2 Å². The van der Waals surface area contributed by atoms with Gasteiger partial charge in [-0.25, -0.2) is 0 Å². The van der Waals surface area contributed by atoms with Crippen LogP contribution >= 0.6 is 0 Å². The Morgan fingerprint density at radius 2 is 1.82 bits per heavy atom. The van der Waals surface area contributed by atoms with Crippen LogP contribution in [-0.4, -0.2) is 27.7 Å². The first-order chi connectivity index (χ1) is 10.7. The van der Waals surface area contributed by atoms with E-state index in [2.05, 4.69) is 17.0 Å². The summed E-state index contributed by atoms with van der Waals surface area (Å²) in [6, 6.07) is 11.9. The molecule has 1 saturated heterocycles. The zero-order valence-electron chi connectivity index (χ0n) is 12.7. The van der Waals surface area contributed by atoms with Crippen molar-refractivity contribution in [3.63, 3.8) is 0 Å². The molecule has 1 N–H and O–H groups in total. The number of likely N-dealkylation sites (tertiary alicyclic amines) is 1. The Labute approximate surface area is 130 Å². The monoisotopic (exact) mass is 298 g/mol. The van der Waals surface area contributed by atoms with Crippen LogP contribution < -0.4 is 5.43 Å². The van der Waals surface area contributed by atoms with Gasteiger partial charge in [0.1, 0.15) is 0 Å². The lowest BCUT2D eigenvalue weighted by molar-refractivity contribution is 0.318. The quantitative estimate of drug-likeness (QED) is 0.922. The Hall–Kier alpha value is -2.07. The highest BCUT2D eigenvalue weighted by atomic mass is 16.3. The molecule has 22 heavy (non-hydrogen) atoms. The zero-order chi connectivity index (χ0) is 15.4. The van der Waals surface area contributed by atoms with E-state index in [4.69, 9.17) is 0 Å². The Balaban J connectivity index is 1.78. The molecule has 3 rings (SSSR count). The van der Waals surface area contributed by atoms with Crippen molar-refractivity contribution in [2.45, 2.75) is 32.4 Å². The fourth-order valence-corrected chi connectivity index (χ4v) is 3.01. The van der Waals surface area contributed by atoms with E-state index in [1.165, 1.54) is 18.4 Å². The first kappa shape index (κ1) is 14.9. The van der Waals surface area contributed by atoms with Gasteiger partial charge in [-0.2, -0.15) is 0 Å². The largest absolute Gasteiger partial charge is 0.503 e. The summed E-state index contributed by atoms with van der Waals surface area (Å²) in [5.41, 5.74) is 1.96.